The molecule has 12 heteroatoms. The Kier molecular flexibility index (Phi) is 16.5. The Bertz CT molecular complexity index is 2230. The lowest BCUT2D eigenvalue weighted by atomic mass is 9.96. The van der Waals surface area contributed by atoms with E-state index in [2.05, 4.69) is 24.3 Å². The van der Waals surface area contributed by atoms with E-state index in [9.17, 15) is 19.5 Å². The van der Waals surface area contributed by atoms with E-state index in [1.807, 2.05) is 69.3 Å². The molecule has 0 bridgehead atoms. The molecule has 0 fully saturated rings. The minimum Gasteiger partial charge on any atom is -0.493 e. The fourth-order valence-electron chi connectivity index (χ4n) is 7.52. The molecule has 0 atom stereocenters. The number of ether oxygens (including phenoxy) is 6. The van der Waals surface area contributed by atoms with Crippen molar-refractivity contribution in [2.24, 2.45) is 0 Å². The molecule has 1 amide bonds. The number of anilines is 1. The predicted octanol–water partition coefficient (Wildman–Crippen LogP) is 11.8. The van der Waals surface area contributed by atoms with Crippen LogP contribution in [0.15, 0.2) is 121 Å². The standard InChI is InChI=1S/C51H59NO11/c1-51(2,3)63-50(57)52(26-13-5-4-10-18-37-21-14-22-44(43(37)24-25-49(55)56)60-27-15-23-48(53)54)41-30-39(46-34-58-32-42(61-46)28-36-16-8-6-9-17-36)29-40(31-41)47-35-59-33-45(62-47)38-19-11-7-12-20-38/h6-8,11,14,16,19,21-22,29-35H,4-5,9-10,12-13,15,17-18,20,23-28H2,1-3H3,(H,53,54)(H,55,56). The average Bonchev–Trinajstić information content (AvgIpc) is 3.27. The molecule has 63 heavy (non-hydrogen) atoms. The smallest absolute Gasteiger partial charge is 0.414 e. The van der Waals surface area contributed by atoms with E-state index in [-0.39, 0.29) is 19.4 Å². The van der Waals surface area contributed by atoms with Crippen LogP contribution in [-0.2, 0) is 46.1 Å². The minimum atomic E-state index is -0.898. The Morgan fingerprint density at radius 3 is 2.14 bits per heavy atom. The molecule has 12 nitrogen and oxygen atoms in total. The summed E-state index contributed by atoms with van der Waals surface area (Å²) in [5.41, 5.74) is 5.29. The number of aliphatic carboxylic acids is 2. The normalized spacial score (nSPS) is 15.7. The van der Waals surface area contributed by atoms with E-state index in [0.717, 1.165) is 61.6 Å². The van der Waals surface area contributed by atoms with Gasteiger partial charge in [-0.1, -0.05) is 67.0 Å². The van der Waals surface area contributed by atoms with Gasteiger partial charge < -0.3 is 38.6 Å². The van der Waals surface area contributed by atoms with E-state index < -0.39 is 23.6 Å². The maximum absolute atomic E-state index is 14.1. The van der Waals surface area contributed by atoms with Gasteiger partial charge >= 0.3 is 18.0 Å². The number of carboxylic acid groups (broad SMARTS) is 2. The summed E-state index contributed by atoms with van der Waals surface area (Å²) >= 11 is 0. The molecule has 4 aliphatic rings. The van der Waals surface area contributed by atoms with Crippen molar-refractivity contribution in [3.8, 4) is 5.75 Å². The molecule has 6 rings (SSSR count). The summed E-state index contributed by atoms with van der Waals surface area (Å²) in [5, 5.41) is 18.5. The highest BCUT2D eigenvalue weighted by Gasteiger charge is 2.27. The first-order chi connectivity index (χ1) is 30.4. The van der Waals surface area contributed by atoms with E-state index in [4.69, 9.17) is 33.5 Å². The highest BCUT2D eigenvalue weighted by atomic mass is 16.6. The van der Waals surface area contributed by atoms with E-state index in [0.29, 0.717) is 84.2 Å². The van der Waals surface area contributed by atoms with Gasteiger partial charge in [0, 0.05) is 42.6 Å². The molecule has 0 saturated carbocycles. The number of unbranched alkanes of at least 4 members (excludes halogenated alkanes) is 3. The zero-order valence-corrected chi connectivity index (χ0v) is 36.6. The summed E-state index contributed by atoms with van der Waals surface area (Å²) in [6.07, 6.45) is 27.1. The van der Waals surface area contributed by atoms with Crippen molar-refractivity contribution < 1.29 is 53.0 Å². The Morgan fingerprint density at radius 2 is 1.44 bits per heavy atom. The largest absolute Gasteiger partial charge is 0.493 e. The van der Waals surface area contributed by atoms with Gasteiger partial charge in [-0.3, -0.25) is 14.5 Å². The van der Waals surface area contributed by atoms with Gasteiger partial charge in [0.15, 0.2) is 17.3 Å². The van der Waals surface area contributed by atoms with Crippen molar-refractivity contribution in [2.75, 3.05) is 18.1 Å². The number of hydrogen-bond acceptors (Lipinski definition) is 9. The Morgan fingerprint density at radius 1 is 0.746 bits per heavy atom. The fourth-order valence-corrected chi connectivity index (χ4v) is 7.52. The predicted molar refractivity (Wildman–Crippen MR) is 241 cm³/mol. The molecule has 2 aliphatic heterocycles. The highest BCUT2D eigenvalue weighted by Crippen LogP contribution is 2.37. The van der Waals surface area contributed by atoms with Crippen LogP contribution in [0.25, 0.3) is 11.5 Å². The molecule has 2 N–H and O–H groups in total. The number of allylic oxidation sites excluding steroid dienone is 8. The molecular formula is C51H59NO11. The molecule has 2 aromatic carbocycles. The first-order valence-corrected chi connectivity index (χ1v) is 21.9. The van der Waals surface area contributed by atoms with E-state index in [1.54, 1.807) is 29.9 Å². The first kappa shape index (κ1) is 46.1. The van der Waals surface area contributed by atoms with Crippen LogP contribution in [0, 0.1) is 0 Å². The lowest BCUT2D eigenvalue weighted by Crippen LogP contribution is -2.37. The van der Waals surface area contributed by atoms with Crippen LogP contribution in [0.2, 0.25) is 0 Å². The molecule has 0 aromatic heterocycles. The first-order valence-electron chi connectivity index (χ1n) is 21.9. The van der Waals surface area contributed by atoms with Crippen LogP contribution < -0.4 is 9.64 Å². The van der Waals surface area contributed by atoms with Crippen molar-refractivity contribution in [2.45, 2.75) is 116 Å². The Balaban J connectivity index is 1.20. The molecule has 0 saturated heterocycles. The summed E-state index contributed by atoms with van der Waals surface area (Å²) in [7, 11) is 0. The van der Waals surface area contributed by atoms with Crippen LogP contribution in [0.5, 0.6) is 5.75 Å². The van der Waals surface area contributed by atoms with Crippen LogP contribution in [0.4, 0.5) is 10.5 Å². The summed E-state index contributed by atoms with van der Waals surface area (Å²) in [5.74, 6) is 1.06. The third kappa shape index (κ3) is 14.3. The van der Waals surface area contributed by atoms with E-state index >= 15 is 0 Å². The SMILES string of the molecule is CC(C)(C)OC(=O)N(CCCCCCc1cccc(OCCCC(=O)O)c1CCC(=O)O)c1cc(C2=COC=C(CC3=CC=CCC3)O2)cc(C2=COC=C(C3=CC=CCC3)O2)c1. The van der Waals surface area contributed by atoms with Gasteiger partial charge in [0.05, 0.1) is 6.61 Å². The van der Waals surface area contributed by atoms with Crippen molar-refractivity contribution in [1.29, 1.82) is 0 Å². The monoisotopic (exact) mass is 861 g/mol. The second kappa shape index (κ2) is 22.6. The molecule has 0 radical (unpaired) electrons. The van der Waals surface area contributed by atoms with Gasteiger partial charge in [0.25, 0.3) is 0 Å². The van der Waals surface area contributed by atoms with Gasteiger partial charge in [0.2, 0.25) is 0 Å². The zero-order chi connectivity index (χ0) is 44.6. The lowest BCUT2D eigenvalue weighted by molar-refractivity contribution is -0.138. The van der Waals surface area contributed by atoms with Gasteiger partial charge in [-0.25, -0.2) is 4.79 Å². The molecule has 2 heterocycles. The van der Waals surface area contributed by atoms with Crippen LogP contribution in [0.1, 0.15) is 120 Å². The molecule has 2 aliphatic carbocycles. The van der Waals surface area contributed by atoms with Crippen LogP contribution >= 0.6 is 0 Å². The van der Waals surface area contributed by atoms with E-state index in [1.165, 1.54) is 5.57 Å². The number of carbonyl (C=O) groups excluding carboxylic acids is 1. The Hall–Kier alpha value is -6.43. The number of amides is 1. The number of aryl methyl sites for hydroxylation is 1. The number of rotatable bonds is 21. The maximum atomic E-state index is 14.1. The van der Waals surface area contributed by atoms with Crippen LogP contribution in [-0.4, -0.2) is 47.0 Å². The van der Waals surface area contributed by atoms with Gasteiger partial charge in [-0.05, 0) is 120 Å². The van der Waals surface area contributed by atoms with Crippen molar-refractivity contribution in [3.05, 3.63) is 143 Å². The summed E-state index contributed by atoms with van der Waals surface area (Å²) in [6, 6.07) is 11.4. The number of benzene rings is 2. The second-order valence-electron chi connectivity index (χ2n) is 16.8. The fraction of sp³-hybridized carbons (Fsp3) is 0.392. The molecular weight excluding hydrogens is 803 g/mol. The molecule has 334 valence electrons. The molecule has 2 aromatic rings. The molecule has 0 unspecified atom stereocenters. The maximum Gasteiger partial charge on any atom is 0.414 e. The van der Waals surface area contributed by atoms with Crippen molar-refractivity contribution in [1.82, 2.24) is 0 Å². The highest BCUT2D eigenvalue weighted by molar-refractivity contribution is 5.89. The van der Waals surface area contributed by atoms with Crippen molar-refractivity contribution in [3.63, 3.8) is 0 Å². The average molecular weight is 862 g/mol. The number of carbonyl (C=O) groups is 3. The second-order valence-corrected chi connectivity index (χ2v) is 16.8. The topological polar surface area (TPSA) is 150 Å². The summed E-state index contributed by atoms with van der Waals surface area (Å²) in [6.45, 7) is 6.13. The third-order valence-electron chi connectivity index (χ3n) is 10.6. The Labute approximate surface area is 370 Å². The number of nitrogens with zero attached hydrogens (tertiary/aromatic N) is 1. The van der Waals surface area contributed by atoms with Crippen LogP contribution in [0.3, 0.4) is 0 Å². The van der Waals surface area contributed by atoms with Gasteiger partial charge in [0.1, 0.15) is 42.2 Å². The van der Waals surface area contributed by atoms with Gasteiger partial charge in [-0.2, -0.15) is 0 Å². The van der Waals surface area contributed by atoms with Crippen molar-refractivity contribution >= 4 is 35.2 Å². The van der Waals surface area contributed by atoms with Gasteiger partial charge in [-0.15, -0.1) is 0 Å². The quantitative estimate of drug-likeness (QED) is 0.115. The minimum absolute atomic E-state index is 0.00430. The summed E-state index contributed by atoms with van der Waals surface area (Å²) < 4.78 is 36.6. The summed E-state index contributed by atoms with van der Waals surface area (Å²) in [4.78, 5) is 38.3. The zero-order valence-electron chi connectivity index (χ0n) is 36.6. The number of hydrogen-bond donors (Lipinski definition) is 2. The number of carboxylic acids is 2. The molecule has 0 spiro atoms. The third-order valence-corrected chi connectivity index (χ3v) is 10.6. The lowest BCUT2D eigenvalue weighted by Gasteiger charge is -2.29.